The van der Waals surface area contributed by atoms with Crippen molar-refractivity contribution in [3.63, 3.8) is 0 Å². The lowest BCUT2D eigenvalue weighted by atomic mass is 10.3. The number of halogens is 1. The molecule has 0 radical (unpaired) electrons. The van der Waals surface area contributed by atoms with Crippen molar-refractivity contribution < 1.29 is 18.7 Å². The molecule has 2 aromatic rings. The van der Waals surface area contributed by atoms with E-state index in [0.29, 0.717) is 16.5 Å². The van der Waals surface area contributed by atoms with Gasteiger partial charge in [0.1, 0.15) is 17.6 Å². The Kier molecular flexibility index (Phi) is 6.05. The molecule has 2 rings (SSSR count). The third-order valence-corrected chi connectivity index (χ3v) is 3.22. The highest BCUT2D eigenvalue weighted by atomic mass is 35.5. The second-order valence-corrected chi connectivity index (χ2v) is 5.27. The molecule has 2 N–H and O–H groups in total. The summed E-state index contributed by atoms with van der Waals surface area (Å²) in [5.41, 5.74) is 0. The van der Waals surface area contributed by atoms with Crippen molar-refractivity contribution in [1.29, 1.82) is 0 Å². The minimum Gasteiger partial charge on any atom is -0.484 e. The minimum atomic E-state index is -0.675. The molecule has 1 atom stereocenters. The Morgan fingerprint density at radius 2 is 2.00 bits per heavy atom. The van der Waals surface area contributed by atoms with Gasteiger partial charge in [-0.1, -0.05) is 11.6 Å². The van der Waals surface area contributed by atoms with Gasteiger partial charge in [-0.05, 0) is 43.3 Å². The van der Waals surface area contributed by atoms with Gasteiger partial charge >= 0.3 is 0 Å². The number of furan rings is 1. The topological polar surface area (TPSA) is 80.6 Å². The van der Waals surface area contributed by atoms with Crippen LogP contribution in [0.1, 0.15) is 12.7 Å². The van der Waals surface area contributed by atoms with E-state index in [0.717, 1.165) is 0 Å². The van der Waals surface area contributed by atoms with Gasteiger partial charge in [0, 0.05) is 5.02 Å². The Morgan fingerprint density at radius 3 is 2.65 bits per heavy atom. The first-order chi connectivity index (χ1) is 11.0. The molecule has 2 amide bonds. The largest absolute Gasteiger partial charge is 0.484 e. The van der Waals surface area contributed by atoms with Crippen LogP contribution in [0.5, 0.6) is 5.75 Å². The Bertz CT molecular complexity index is 641. The number of carbonyl (C=O) groups excluding carboxylic acids is 2. The molecule has 1 heterocycles. The molecule has 0 fully saturated rings. The Balaban J connectivity index is 1.71. The summed E-state index contributed by atoms with van der Waals surface area (Å²) in [5, 5.41) is 5.81. The van der Waals surface area contributed by atoms with Crippen molar-refractivity contribution in [1.82, 2.24) is 10.6 Å². The zero-order valence-corrected chi connectivity index (χ0v) is 13.3. The van der Waals surface area contributed by atoms with Gasteiger partial charge in [0.25, 0.3) is 5.91 Å². The van der Waals surface area contributed by atoms with Crippen LogP contribution >= 0.6 is 11.6 Å². The van der Waals surface area contributed by atoms with Crippen LogP contribution in [0.4, 0.5) is 0 Å². The van der Waals surface area contributed by atoms with E-state index in [-0.39, 0.29) is 25.0 Å². The number of amides is 2. The Labute approximate surface area is 138 Å². The third kappa shape index (κ3) is 5.67. The number of nitrogens with one attached hydrogen (secondary N) is 2. The molecule has 1 aromatic heterocycles. The fourth-order valence-corrected chi connectivity index (χ4v) is 1.89. The molecule has 0 bridgehead atoms. The molecule has 0 aliphatic rings. The van der Waals surface area contributed by atoms with E-state index in [1.54, 1.807) is 43.3 Å². The summed E-state index contributed by atoms with van der Waals surface area (Å²) in [5.74, 6) is 0.476. The van der Waals surface area contributed by atoms with Crippen LogP contribution in [0.25, 0.3) is 0 Å². The van der Waals surface area contributed by atoms with E-state index >= 15 is 0 Å². The standard InChI is InChI=1S/C16H17ClN2O4/c1-11(16(21)18-9-14-3-2-8-22-14)19-15(20)10-23-13-6-4-12(17)5-7-13/h2-8,11H,9-10H2,1H3,(H,18,21)(H,19,20)/t11-/m0/s1. The van der Waals surface area contributed by atoms with Crippen molar-refractivity contribution in [3.05, 3.63) is 53.4 Å². The molecule has 1 aromatic carbocycles. The fraction of sp³-hybridized carbons (Fsp3) is 0.250. The molecule has 0 unspecified atom stereocenters. The number of benzene rings is 1. The SMILES string of the molecule is C[C@H](NC(=O)COc1ccc(Cl)cc1)C(=O)NCc1ccco1. The average Bonchev–Trinajstić information content (AvgIpc) is 3.05. The number of rotatable bonds is 7. The van der Waals surface area contributed by atoms with Crippen molar-refractivity contribution in [3.8, 4) is 5.75 Å². The summed E-state index contributed by atoms with van der Waals surface area (Å²) < 4.78 is 10.4. The van der Waals surface area contributed by atoms with Crippen LogP contribution in [-0.2, 0) is 16.1 Å². The van der Waals surface area contributed by atoms with Crippen LogP contribution in [0.15, 0.2) is 47.1 Å². The number of hydrogen-bond acceptors (Lipinski definition) is 4. The van der Waals surface area contributed by atoms with Crippen LogP contribution in [0.3, 0.4) is 0 Å². The normalized spacial score (nSPS) is 11.6. The molecule has 7 heteroatoms. The first kappa shape index (κ1) is 16.9. The maximum atomic E-state index is 11.9. The maximum absolute atomic E-state index is 11.9. The third-order valence-electron chi connectivity index (χ3n) is 2.97. The first-order valence-electron chi connectivity index (χ1n) is 7.02. The number of ether oxygens (including phenoxy) is 1. The lowest BCUT2D eigenvalue weighted by Gasteiger charge is -2.14. The van der Waals surface area contributed by atoms with Crippen molar-refractivity contribution >= 4 is 23.4 Å². The second-order valence-electron chi connectivity index (χ2n) is 4.83. The van der Waals surface area contributed by atoms with Gasteiger partial charge < -0.3 is 19.8 Å². The molecular weight excluding hydrogens is 320 g/mol. The van der Waals surface area contributed by atoms with E-state index in [4.69, 9.17) is 20.8 Å². The smallest absolute Gasteiger partial charge is 0.258 e. The van der Waals surface area contributed by atoms with Gasteiger partial charge in [0.15, 0.2) is 6.61 Å². The molecule has 0 aliphatic carbocycles. The van der Waals surface area contributed by atoms with Crippen LogP contribution in [0, 0.1) is 0 Å². The van der Waals surface area contributed by atoms with Crippen LogP contribution in [0.2, 0.25) is 5.02 Å². The van der Waals surface area contributed by atoms with E-state index in [2.05, 4.69) is 10.6 Å². The lowest BCUT2D eigenvalue weighted by molar-refractivity contribution is -0.129. The summed E-state index contributed by atoms with van der Waals surface area (Å²) in [7, 11) is 0. The monoisotopic (exact) mass is 336 g/mol. The quantitative estimate of drug-likeness (QED) is 0.811. The molecular formula is C16H17ClN2O4. The van der Waals surface area contributed by atoms with Gasteiger partial charge in [-0.15, -0.1) is 0 Å². The number of carbonyl (C=O) groups is 2. The maximum Gasteiger partial charge on any atom is 0.258 e. The van der Waals surface area contributed by atoms with Gasteiger partial charge in [0.2, 0.25) is 5.91 Å². The molecule has 6 nitrogen and oxygen atoms in total. The van der Waals surface area contributed by atoms with Gasteiger partial charge in [-0.25, -0.2) is 0 Å². The summed E-state index contributed by atoms with van der Waals surface area (Å²) in [4.78, 5) is 23.6. The van der Waals surface area contributed by atoms with Gasteiger partial charge in [-0.2, -0.15) is 0 Å². The summed E-state index contributed by atoms with van der Waals surface area (Å²) in [6.45, 7) is 1.68. The zero-order valence-electron chi connectivity index (χ0n) is 12.5. The zero-order chi connectivity index (χ0) is 16.7. The fourth-order valence-electron chi connectivity index (χ4n) is 1.77. The van der Waals surface area contributed by atoms with Crippen molar-refractivity contribution in [2.24, 2.45) is 0 Å². The highest BCUT2D eigenvalue weighted by molar-refractivity contribution is 6.30. The molecule has 0 aliphatic heterocycles. The molecule has 0 spiro atoms. The summed E-state index contributed by atoms with van der Waals surface area (Å²) in [6.07, 6.45) is 1.53. The van der Waals surface area contributed by atoms with Gasteiger partial charge in [-0.3, -0.25) is 9.59 Å². The van der Waals surface area contributed by atoms with Crippen molar-refractivity contribution in [2.75, 3.05) is 6.61 Å². The number of hydrogen-bond donors (Lipinski definition) is 2. The highest BCUT2D eigenvalue weighted by Gasteiger charge is 2.15. The average molecular weight is 337 g/mol. The predicted molar refractivity (Wildman–Crippen MR) is 85.1 cm³/mol. The lowest BCUT2D eigenvalue weighted by Crippen LogP contribution is -2.46. The molecule has 0 saturated heterocycles. The van der Waals surface area contributed by atoms with Gasteiger partial charge in [0.05, 0.1) is 12.8 Å². The Hall–Kier alpha value is -2.47. The minimum absolute atomic E-state index is 0.183. The van der Waals surface area contributed by atoms with Crippen LogP contribution in [-0.4, -0.2) is 24.5 Å². The molecule has 23 heavy (non-hydrogen) atoms. The molecule has 122 valence electrons. The van der Waals surface area contributed by atoms with E-state index in [1.807, 2.05) is 0 Å². The first-order valence-corrected chi connectivity index (χ1v) is 7.40. The van der Waals surface area contributed by atoms with E-state index in [9.17, 15) is 9.59 Å². The van der Waals surface area contributed by atoms with E-state index < -0.39 is 6.04 Å². The van der Waals surface area contributed by atoms with Crippen molar-refractivity contribution in [2.45, 2.75) is 19.5 Å². The van der Waals surface area contributed by atoms with Crippen LogP contribution < -0.4 is 15.4 Å². The summed E-state index contributed by atoms with van der Waals surface area (Å²) >= 11 is 5.76. The second kappa shape index (κ2) is 8.24. The summed E-state index contributed by atoms with van der Waals surface area (Å²) in [6, 6.07) is 9.47. The highest BCUT2D eigenvalue weighted by Crippen LogP contribution is 2.15. The van der Waals surface area contributed by atoms with E-state index in [1.165, 1.54) is 6.26 Å². The predicted octanol–water partition coefficient (Wildman–Crippen LogP) is 2.13. The molecule has 0 saturated carbocycles. The Morgan fingerprint density at radius 1 is 1.26 bits per heavy atom.